The van der Waals surface area contributed by atoms with Gasteiger partial charge in [-0.05, 0) is 48.3 Å². The summed E-state index contributed by atoms with van der Waals surface area (Å²) in [7, 11) is 0. The van der Waals surface area contributed by atoms with Crippen LogP contribution in [0.2, 0.25) is 0 Å². The Hall–Kier alpha value is -0.860. The minimum absolute atomic E-state index is 0.517. The van der Waals surface area contributed by atoms with Crippen LogP contribution in [-0.2, 0) is 13.1 Å². The van der Waals surface area contributed by atoms with Crippen LogP contribution in [0.5, 0.6) is 0 Å². The van der Waals surface area contributed by atoms with Crippen LogP contribution in [0.3, 0.4) is 0 Å². The van der Waals surface area contributed by atoms with Gasteiger partial charge in [-0.25, -0.2) is 0 Å². The standard InChI is InChI=1S/C19H30N2/c1-4-20-18-9-10-19(2,3)11-17(18)14-21-12-15-7-5-6-8-16(15)13-21/h5-8,17-18,20H,4,9-14H2,1-3H3. The lowest BCUT2D eigenvalue weighted by Crippen LogP contribution is -2.46. The van der Waals surface area contributed by atoms with E-state index < -0.39 is 0 Å². The van der Waals surface area contributed by atoms with Gasteiger partial charge < -0.3 is 5.32 Å². The first-order chi connectivity index (χ1) is 10.1. The Labute approximate surface area is 129 Å². The SMILES string of the molecule is CCNC1CCC(C)(C)CC1CN1Cc2ccccc2C1. The molecule has 1 N–H and O–H groups in total. The summed E-state index contributed by atoms with van der Waals surface area (Å²) in [6.45, 7) is 11.8. The van der Waals surface area contributed by atoms with E-state index in [0.29, 0.717) is 11.5 Å². The third kappa shape index (κ3) is 3.49. The van der Waals surface area contributed by atoms with Crippen LogP contribution in [-0.4, -0.2) is 24.0 Å². The molecule has 1 aliphatic carbocycles. The van der Waals surface area contributed by atoms with Crippen molar-refractivity contribution in [3.63, 3.8) is 0 Å². The molecule has 0 bridgehead atoms. The van der Waals surface area contributed by atoms with Crippen LogP contribution in [0.15, 0.2) is 24.3 Å². The molecule has 1 heterocycles. The fraction of sp³-hybridized carbons (Fsp3) is 0.684. The molecule has 2 nitrogen and oxygen atoms in total. The lowest BCUT2D eigenvalue weighted by atomic mass is 9.69. The van der Waals surface area contributed by atoms with Gasteiger partial charge in [-0.15, -0.1) is 0 Å². The molecule has 0 amide bonds. The fourth-order valence-corrected chi connectivity index (χ4v) is 4.32. The number of nitrogens with zero attached hydrogens (tertiary/aromatic N) is 1. The molecule has 1 aromatic carbocycles. The van der Waals surface area contributed by atoms with E-state index in [4.69, 9.17) is 0 Å². The van der Waals surface area contributed by atoms with Gasteiger partial charge in [-0.2, -0.15) is 0 Å². The third-order valence-electron chi connectivity index (χ3n) is 5.38. The van der Waals surface area contributed by atoms with Crippen molar-refractivity contribution < 1.29 is 0 Å². The molecule has 21 heavy (non-hydrogen) atoms. The molecule has 116 valence electrons. The summed E-state index contributed by atoms with van der Waals surface area (Å²) in [6.07, 6.45) is 4.06. The number of hydrogen-bond donors (Lipinski definition) is 1. The highest BCUT2D eigenvalue weighted by molar-refractivity contribution is 5.30. The summed E-state index contributed by atoms with van der Waals surface area (Å²) in [5.41, 5.74) is 3.59. The van der Waals surface area contributed by atoms with Crippen molar-refractivity contribution in [2.45, 2.75) is 59.2 Å². The van der Waals surface area contributed by atoms with Crippen molar-refractivity contribution in [1.82, 2.24) is 10.2 Å². The van der Waals surface area contributed by atoms with Crippen molar-refractivity contribution in [3.8, 4) is 0 Å². The predicted octanol–water partition coefficient (Wildman–Crippen LogP) is 3.81. The predicted molar refractivity (Wildman–Crippen MR) is 89.1 cm³/mol. The van der Waals surface area contributed by atoms with Crippen LogP contribution < -0.4 is 5.32 Å². The van der Waals surface area contributed by atoms with Crippen molar-refractivity contribution in [3.05, 3.63) is 35.4 Å². The summed E-state index contributed by atoms with van der Waals surface area (Å²) in [5.74, 6) is 0.794. The molecular weight excluding hydrogens is 256 g/mol. The van der Waals surface area contributed by atoms with Gasteiger partial charge >= 0.3 is 0 Å². The van der Waals surface area contributed by atoms with E-state index >= 15 is 0 Å². The lowest BCUT2D eigenvalue weighted by Gasteiger charge is -2.42. The molecule has 1 fully saturated rings. The Morgan fingerprint density at radius 3 is 2.48 bits per heavy atom. The monoisotopic (exact) mass is 286 g/mol. The second-order valence-corrected chi connectivity index (χ2v) is 7.77. The van der Waals surface area contributed by atoms with Crippen molar-refractivity contribution in [1.29, 1.82) is 0 Å². The summed E-state index contributed by atoms with van der Waals surface area (Å²) in [6, 6.07) is 9.65. The summed E-state index contributed by atoms with van der Waals surface area (Å²) in [4.78, 5) is 2.65. The van der Waals surface area contributed by atoms with E-state index in [2.05, 4.69) is 55.3 Å². The fourth-order valence-electron chi connectivity index (χ4n) is 4.32. The normalized spacial score (nSPS) is 28.5. The molecule has 0 aromatic heterocycles. The Morgan fingerprint density at radius 2 is 1.86 bits per heavy atom. The number of nitrogens with one attached hydrogen (secondary N) is 1. The molecule has 1 aromatic rings. The molecule has 2 unspecified atom stereocenters. The number of hydrogen-bond acceptors (Lipinski definition) is 2. The minimum atomic E-state index is 0.517. The highest BCUT2D eigenvalue weighted by atomic mass is 15.1. The second kappa shape index (κ2) is 6.10. The number of rotatable bonds is 4. The van der Waals surface area contributed by atoms with Gasteiger partial charge in [-0.1, -0.05) is 45.0 Å². The molecule has 2 heteroatoms. The van der Waals surface area contributed by atoms with Gasteiger partial charge in [0, 0.05) is 25.7 Å². The Morgan fingerprint density at radius 1 is 1.19 bits per heavy atom. The van der Waals surface area contributed by atoms with Gasteiger partial charge in [0.25, 0.3) is 0 Å². The molecule has 0 saturated heterocycles. The quantitative estimate of drug-likeness (QED) is 0.905. The highest BCUT2D eigenvalue weighted by Gasteiger charge is 2.36. The van der Waals surface area contributed by atoms with Crippen LogP contribution in [0.1, 0.15) is 51.2 Å². The second-order valence-electron chi connectivity index (χ2n) is 7.77. The molecule has 1 saturated carbocycles. The highest BCUT2D eigenvalue weighted by Crippen LogP contribution is 2.39. The molecule has 2 atom stereocenters. The van der Waals surface area contributed by atoms with E-state index in [1.54, 1.807) is 0 Å². The van der Waals surface area contributed by atoms with Crippen molar-refractivity contribution >= 4 is 0 Å². The first-order valence-corrected chi connectivity index (χ1v) is 8.60. The smallest absolute Gasteiger partial charge is 0.0240 e. The first-order valence-electron chi connectivity index (χ1n) is 8.60. The number of benzene rings is 1. The zero-order valence-corrected chi connectivity index (χ0v) is 13.9. The van der Waals surface area contributed by atoms with E-state index in [0.717, 1.165) is 25.6 Å². The van der Waals surface area contributed by atoms with Crippen LogP contribution >= 0.6 is 0 Å². The largest absolute Gasteiger partial charge is 0.314 e. The van der Waals surface area contributed by atoms with Crippen LogP contribution in [0.4, 0.5) is 0 Å². The first kappa shape index (κ1) is 15.1. The maximum absolute atomic E-state index is 3.74. The van der Waals surface area contributed by atoms with Gasteiger partial charge in [0.1, 0.15) is 0 Å². The number of fused-ring (bicyclic) bond motifs is 1. The average molecular weight is 286 g/mol. The van der Waals surface area contributed by atoms with E-state index in [1.807, 2.05) is 0 Å². The van der Waals surface area contributed by atoms with E-state index in [9.17, 15) is 0 Å². The topological polar surface area (TPSA) is 15.3 Å². The van der Waals surface area contributed by atoms with Crippen LogP contribution in [0.25, 0.3) is 0 Å². The molecule has 3 rings (SSSR count). The van der Waals surface area contributed by atoms with Crippen molar-refractivity contribution in [2.75, 3.05) is 13.1 Å². The molecule has 2 aliphatic rings. The van der Waals surface area contributed by atoms with Crippen molar-refractivity contribution in [2.24, 2.45) is 11.3 Å². The third-order valence-corrected chi connectivity index (χ3v) is 5.38. The Bertz CT molecular complexity index is 455. The molecule has 0 radical (unpaired) electrons. The molecule has 0 spiro atoms. The Kier molecular flexibility index (Phi) is 4.37. The van der Waals surface area contributed by atoms with E-state index in [-0.39, 0.29) is 0 Å². The van der Waals surface area contributed by atoms with E-state index in [1.165, 1.54) is 36.9 Å². The van der Waals surface area contributed by atoms with Gasteiger partial charge in [0.2, 0.25) is 0 Å². The maximum Gasteiger partial charge on any atom is 0.0240 e. The van der Waals surface area contributed by atoms with Gasteiger partial charge in [0.15, 0.2) is 0 Å². The van der Waals surface area contributed by atoms with Gasteiger partial charge in [-0.3, -0.25) is 4.90 Å². The summed E-state index contributed by atoms with van der Waals surface area (Å²) < 4.78 is 0. The zero-order valence-electron chi connectivity index (χ0n) is 13.9. The van der Waals surface area contributed by atoms with Crippen LogP contribution in [0, 0.1) is 11.3 Å². The molecular formula is C19H30N2. The Balaban J connectivity index is 1.65. The zero-order chi connectivity index (χ0) is 14.9. The molecule has 1 aliphatic heterocycles. The lowest BCUT2D eigenvalue weighted by molar-refractivity contribution is 0.0997. The minimum Gasteiger partial charge on any atom is -0.314 e. The summed E-state index contributed by atoms with van der Waals surface area (Å²) >= 11 is 0. The maximum atomic E-state index is 3.74. The average Bonchev–Trinajstić information content (AvgIpc) is 2.83. The van der Waals surface area contributed by atoms with Gasteiger partial charge in [0.05, 0.1) is 0 Å². The summed E-state index contributed by atoms with van der Waals surface area (Å²) in [5, 5.41) is 3.74.